The van der Waals surface area contributed by atoms with Crippen LogP contribution in [0.15, 0.2) is 0 Å². The Morgan fingerprint density at radius 2 is 2.00 bits per heavy atom. The first-order valence-electron chi connectivity index (χ1n) is 2.84. The number of nitrogens with zero attached hydrogens (tertiary/aromatic N) is 1. The van der Waals surface area contributed by atoms with E-state index in [2.05, 4.69) is 0 Å². The van der Waals surface area contributed by atoms with Gasteiger partial charge in [-0.1, -0.05) is 0 Å². The summed E-state index contributed by atoms with van der Waals surface area (Å²) < 4.78 is 4.92. The van der Waals surface area contributed by atoms with Crippen LogP contribution in [0.3, 0.4) is 0 Å². The minimum Gasteiger partial charge on any atom is -0.530 e. The van der Waals surface area contributed by atoms with Crippen molar-refractivity contribution in [3.63, 3.8) is 0 Å². The molecule has 0 aliphatic carbocycles. The van der Waals surface area contributed by atoms with E-state index >= 15 is 0 Å². The maximum atomic E-state index is 10.1. The van der Waals surface area contributed by atoms with E-state index in [1.807, 2.05) is 0 Å². The molecule has 0 radical (unpaired) electrons. The van der Waals surface area contributed by atoms with Gasteiger partial charge in [0.2, 0.25) is 0 Å². The van der Waals surface area contributed by atoms with E-state index in [0.29, 0.717) is 26.3 Å². The summed E-state index contributed by atoms with van der Waals surface area (Å²) in [5, 5.41) is 10.1. The van der Waals surface area contributed by atoms with E-state index in [0.717, 1.165) is 0 Å². The highest BCUT2D eigenvalue weighted by Gasteiger charge is 2.07. The van der Waals surface area contributed by atoms with Gasteiger partial charge in [-0.05, 0) is 0 Å². The van der Waals surface area contributed by atoms with E-state index in [9.17, 15) is 9.90 Å². The lowest BCUT2D eigenvalue weighted by atomic mass is 10.5. The van der Waals surface area contributed by atoms with Crippen molar-refractivity contribution in [3.05, 3.63) is 0 Å². The van der Waals surface area contributed by atoms with Gasteiger partial charge in [0.15, 0.2) is 0 Å². The molecule has 0 saturated carbocycles. The van der Waals surface area contributed by atoms with Gasteiger partial charge in [0.25, 0.3) is 0 Å². The molecule has 0 bridgehead atoms. The fourth-order valence-electron chi connectivity index (χ4n) is 0.746. The molecule has 0 atom stereocenters. The molecule has 0 spiro atoms. The maximum Gasteiger partial charge on any atom is 0.137 e. The van der Waals surface area contributed by atoms with Gasteiger partial charge >= 0.3 is 0 Å². The fourth-order valence-corrected chi connectivity index (χ4v) is 0.746. The van der Waals surface area contributed by atoms with Crippen LogP contribution in [0.1, 0.15) is 0 Å². The van der Waals surface area contributed by atoms with Crippen LogP contribution in [0.5, 0.6) is 0 Å². The number of morpholine rings is 1. The largest absolute Gasteiger partial charge is 0.530 e. The summed E-state index contributed by atoms with van der Waals surface area (Å²) in [7, 11) is 0. The standard InChI is InChI=1S/C5H9NO3/c7-5(8)6-1-3-9-4-2-6/h1-4H2,(H,7,8)/p-1. The SMILES string of the molecule is O=C([O-])N1CCOCC1. The molecule has 0 aromatic heterocycles. The Hall–Kier alpha value is -0.770. The molecule has 1 aliphatic heterocycles. The van der Waals surface area contributed by atoms with Crippen molar-refractivity contribution in [1.82, 2.24) is 4.90 Å². The molecule has 9 heavy (non-hydrogen) atoms. The van der Waals surface area contributed by atoms with Gasteiger partial charge in [-0.15, -0.1) is 0 Å². The lowest BCUT2D eigenvalue weighted by Gasteiger charge is -2.28. The second-order valence-electron chi connectivity index (χ2n) is 1.87. The topological polar surface area (TPSA) is 52.6 Å². The van der Waals surface area contributed by atoms with Gasteiger partial charge in [0, 0.05) is 13.1 Å². The summed E-state index contributed by atoms with van der Waals surface area (Å²) in [5.74, 6) is 0. The summed E-state index contributed by atoms with van der Waals surface area (Å²) in [5.41, 5.74) is 0. The van der Waals surface area contributed by atoms with Crippen molar-refractivity contribution in [3.8, 4) is 0 Å². The Labute approximate surface area is 53.0 Å². The van der Waals surface area contributed by atoms with Gasteiger partial charge in [0.1, 0.15) is 6.09 Å². The van der Waals surface area contributed by atoms with Crippen LogP contribution in [0.2, 0.25) is 0 Å². The summed E-state index contributed by atoms with van der Waals surface area (Å²) in [4.78, 5) is 11.4. The minimum atomic E-state index is -1.10. The Kier molecular flexibility index (Phi) is 1.89. The molecular formula is C5H8NO3-. The second-order valence-corrected chi connectivity index (χ2v) is 1.87. The number of hydrogen-bond acceptors (Lipinski definition) is 3. The first kappa shape index (κ1) is 6.35. The number of amides is 1. The van der Waals surface area contributed by atoms with Crippen LogP contribution in [0.4, 0.5) is 4.79 Å². The Morgan fingerprint density at radius 1 is 1.44 bits per heavy atom. The third kappa shape index (κ3) is 1.57. The number of carboxylic acid groups (broad SMARTS) is 1. The summed E-state index contributed by atoms with van der Waals surface area (Å²) in [6.45, 7) is 1.88. The van der Waals surface area contributed by atoms with Crippen molar-refractivity contribution in [2.24, 2.45) is 0 Å². The number of hydrogen-bond donors (Lipinski definition) is 0. The van der Waals surface area contributed by atoms with Crippen LogP contribution in [0.25, 0.3) is 0 Å². The summed E-state index contributed by atoms with van der Waals surface area (Å²) >= 11 is 0. The number of rotatable bonds is 0. The smallest absolute Gasteiger partial charge is 0.137 e. The molecule has 4 nitrogen and oxygen atoms in total. The maximum absolute atomic E-state index is 10.1. The molecule has 0 aromatic rings. The van der Waals surface area contributed by atoms with Gasteiger partial charge < -0.3 is 19.5 Å². The summed E-state index contributed by atoms with van der Waals surface area (Å²) in [6.07, 6.45) is -1.10. The lowest BCUT2D eigenvalue weighted by molar-refractivity contribution is -0.268. The van der Waals surface area contributed by atoms with Gasteiger partial charge in [-0.3, -0.25) is 0 Å². The molecule has 1 aliphatic rings. The van der Waals surface area contributed by atoms with E-state index in [-0.39, 0.29) is 0 Å². The Morgan fingerprint density at radius 3 is 2.33 bits per heavy atom. The van der Waals surface area contributed by atoms with Gasteiger partial charge in [0.05, 0.1) is 13.2 Å². The predicted molar refractivity (Wildman–Crippen MR) is 27.8 cm³/mol. The Bertz CT molecular complexity index is 109. The number of ether oxygens (including phenoxy) is 1. The van der Waals surface area contributed by atoms with Crippen LogP contribution < -0.4 is 5.11 Å². The minimum absolute atomic E-state index is 0.447. The zero-order valence-electron chi connectivity index (χ0n) is 5.00. The third-order valence-corrected chi connectivity index (χ3v) is 1.27. The van der Waals surface area contributed by atoms with Crippen molar-refractivity contribution in [2.45, 2.75) is 0 Å². The molecular weight excluding hydrogens is 122 g/mol. The number of carbonyl (C=O) groups excluding carboxylic acids is 1. The van der Waals surface area contributed by atoms with Crippen LogP contribution in [-0.2, 0) is 4.74 Å². The molecule has 52 valence electrons. The molecule has 1 saturated heterocycles. The second kappa shape index (κ2) is 2.68. The van der Waals surface area contributed by atoms with Crippen molar-refractivity contribution < 1.29 is 14.6 Å². The van der Waals surface area contributed by atoms with Crippen LogP contribution >= 0.6 is 0 Å². The fraction of sp³-hybridized carbons (Fsp3) is 0.800. The molecule has 1 heterocycles. The highest BCUT2D eigenvalue weighted by molar-refractivity contribution is 5.62. The highest BCUT2D eigenvalue weighted by Crippen LogP contribution is 1.93. The molecule has 1 amide bonds. The number of carbonyl (C=O) groups is 1. The van der Waals surface area contributed by atoms with E-state index in [1.165, 1.54) is 4.90 Å². The quantitative estimate of drug-likeness (QED) is 0.408. The molecule has 4 heteroatoms. The normalized spacial score (nSPS) is 19.8. The molecule has 1 fully saturated rings. The van der Waals surface area contributed by atoms with Crippen LogP contribution in [-0.4, -0.2) is 37.3 Å². The highest BCUT2D eigenvalue weighted by atomic mass is 16.5. The molecule has 0 aromatic carbocycles. The van der Waals surface area contributed by atoms with Crippen LogP contribution in [0, 0.1) is 0 Å². The third-order valence-electron chi connectivity index (χ3n) is 1.27. The van der Waals surface area contributed by atoms with Crippen molar-refractivity contribution in [1.29, 1.82) is 0 Å². The molecule has 1 rings (SSSR count). The first-order chi connectivity index (χ1) is 4.30. The Balaban J connectivity index is 2.31. The summed E-state index contributed by atoms with van der Waals surface area (Å²) in [6, 6.07) is 0. The average Bonchev–Trinajstić information content (AvgIpc) is 1.90. The zero-order valence-corrected chi connectivity index (χ0v) is 5.00. The molecule has 0 unspecified atom stereocenters. The van der Waals surface area contributed by atoms with Gasteiger partial charge in [-0.25, -0.2) is 0 Å². The monoisotopic (exact) mass is 130 g/mol. The van der Waals surface area contributed by atoms with Gasteiger partial charge in [-0.2, -0.15) is 0 Å². The zero-order chi connectivity index (χ0) is 6.69. The van der Waals surface area contributed by atoms with E-state index < -0.39 is 6.09 Å². The average molecular weight is 130 g/mol. The van der Waals surface area contributed by atoms with Crippen molar-refractivity contribution in [2.75, 3.05) is 26.3 Å². The molecule has 0 N–H and O–H groups in total. The van der Waals surface area contributed by atoms with Crippen molar-refractivity contribution >= 4 is 6.09 Å². The predicted octanol–water partition coefficient (Wildman–Crippen LogP) is -1.34. The van der Waals surface area contributed by atoms with E-state index in [4.69, 9.17) is 4.74 Å². The van der Waals surface area contributed by atoms with E-state index in [1.54, 1.807) is 0 Å². The first-order valence-corrected chi connectivity index (χ1v) is 2.84. The lowest BCUT2D eigenvalue weighted by Crippen LogP contribution is -2.47.